The van der Waals surface area contributed by atoms with Crippen molar-refractivity contribution in [3.05, 3.63) is 23.5 Å². The minimum atomic E-state index is 0.426. The van der Waals surface area contributed by atoms with E-state index in [1.54, 1.807) is 7.11 Å². The molecular weight excluding hydrogens is 226 g/mol. The number of methoxy groups -OCH3 is 1. The lowest BCUT2D eigenvalue weighted by molar-refractivity contribution is 0.149. The van der Waals surface area contributed by atoms with Crippen LogP contribution in [0.25, 0.3) is 0 Å². The summed E-state index contributed by atoms with van der Waals surface area (Å²) >= 11 is 0. The number of hydrogen-bond acceptors (Lipinski definition) is 3. The van der Waals surface area contributed by atoms with Crippen molar-refractivity contribution in [2.75, 3.05) is 20.3 Å². The van der Waals surface area contributed by atoms with Crippen molar-refractivity contribution in [3.8, 4) is 0 Å². The zero-order chi connectivity index (χ0) is 13.4. The molecule has 0 aliphatic heterocycles. The summed E-state index contributed by atoms with van der Waals surface area (Å²) in [6.07, 6.45) is 7.72. The Morgan fingerprint density at radius 1 is 1.39 bits per heavy atom. The molecule has 0 aromatic heterocycles. The third kappa shape index (κ3) is 6.22. The Morgan fingerprint density at radius 3 is 2.67 bits per heavy atom. The Labute approximate surface area is 111 Å². The Kier molecular flexibility index (Phi) is 7.06. The molecule has 0 heterocycles. The Balaban J connectivity index is 2.33. The first kappa shape index (κ1) is 15.3. The number of rotatable bonds is 9. The van der Waals surface area contributed by atoms with Crippen LogP contribution in [-0.4, -0.2) is 32.4 Å². The van der Waals surface area contributed by atoms with E-state index in [1.807, 2.05) is 13.0 Å². The first-order valence-corrected chi connectivity index (χ1v) is 6.89. The minimum absolute atomic E-state index is 0.426. The fourth-order valence-electron chi connectivity index (χ4n) is 1.69. The summed E-state index contributed by atoms with van der Waals surface area (Å²) in [5, 5.41) is 3.59. The summed E-state index contributed by atoms with van der Waals surface area (Å²) in [4.78, 5) is 0. The molecule has 0 radical (unpaired) electrons. The average Bonchev–Trinajstić information content (AvgIpc) is 3.16. The maximum absolute atomic E-state index is 5.71. The molecule has 0 amide bonds. The molecule has 18 heavy (non-hydrogen) atoms. The Hall–Kier alpha value is -0.800. The highest BCUT2D eigenvalue weighted by molar-refractivity contribution is 5.20. The van der Waals surface area contributed by atoms with Crippen LogP contribution in [0.1, 0.15) is 40.0 Å². The highest BCUT2D eigenvalue weighted by atomic mass is 16.5. The van der Waals surface area contributed by atoms with Crippen molar-refractivity contribution in [3.63, 3.8) is 0 Å². The van der Waals surface area contributed by atoms with E-state index in [0.29, 0.717) is 12.6 Å². The molecule has 1 unspecified atom stereocenters. The van der Waals surface area contributed by atoms with Crippen molar-refractivity contribution < 1.29 is 9.47 Å². The van der Waals surface area contributed by atoms with E-state index < -0.39 is 0 Å². The largest absolute Gasteiger partial charge is 0.494 e. The van der Waals surface area contributed by atoms with Crippen molar-refractivity contribution >= 4 is 0 Å². The summed E-state index contributed by atoms with van der Waals surface area (Å²) in [6.45, 7) is 7.83. The predicted molar refractivity (Wildman–Crippen MR) is 75.6 cm³/mol. The van der Waals surface area contributed by atoms with Crippen LogP contribution in [0.2, 0.25) is 0 Å². The second-order valence-electron chi connectivity index (χ2n) is 4.94. The fourth-order valence-corrected chi connectivity index (χ4v) is 1.69. The SMILES string of the molecule is C/C=C(\C=C(/C)C(C)NC1CC1)OCCCOC. The van der Waals surface area contributed by atoms with Gasteiger partial charge < -0.3 is 14.8 Å². The van der Waals surface area contributed by atoms with E-state index >= 15 is 0 Å². The summed E-state index contributed by atoms with van der Waals surface area (Å²) in [5.74, 6) is 0.952. The van der Waals surface area contributed by atoms with Gasteiger partial charge in [0, 0.05) is 32.2 Å². The molecule has 3 heteroatoms. The van der Waals surface area contributed by atoms with Gasteiger partial charge in [-0.05, 0) is 45.8 Å². The molecule has 0 aromatic rings. The van der Waals surface area contributed by atoms with Crippen LogP contribution >= 0.6 is 0 Å². The number of nitrogens with one attached hydrogen (secondary N) is 1. The number of allylic oxidation sites excluding steroid dienone is 2. The molecule has 104 valence electrons. The summed E-state index contributed by atoms with van der Waals surface area (Å²) in [5.41, 5.74) is 1.32. The van der Waals surface area contributed by atoms with Gasteiger partial charge in [0.1, 0.15) is 5.76 Å². The van der Waals surface area contributed by atoms with Crippen LogP contribution < -0.4 is 5.32 Å². The van der Waals surface area contributed by atoms with Crippen LogP contribution in [0.4, 0.5) is 0 Å². The monoisotopic (exact) mass is 253 g/mol. The normalized spacial score (nSPS) is 18.9. The summed E-state index contributed by atoms with van der Waals surface area (Å²) in [6, 6.07) is 1.16. The van der Waals surface area contributed by atoms with Gasteiger partial charge in [0.25, 0.3) is 0 Å². The quantitative estimate of drug-likeness (QED) is 0.389. The molecule has 1 N–H and O–H groups in total. The van der Waals surface area contributed by atoms with Gasteiger partial charge in [0.05, 0.1) is 6.61 Å². The molecule has 0 saturated heterocycles. The summed E-state index contributed by atoms with van der Waals surface area (Å²) < 4.78 is 10.7. The van der Waals surface area contributed by atoms with Crippen LogP contribution in [0.15, 0.2) is 23.5 Å². The molecule has 1 fully saturated rings. The van der Waals surface area contributed by atoms with Crippen LogP contribution in [0.5, 0.6) is 0 Å². The van der Waals surface area contributed by atoms with Crippen molar-refractivity contribution in [1.29, 1.82) is 0 Å². The lowest BCUT2D eigenvalue weighted by Crippen LogP contribution is -2.29. The zero-order valence-electron chi connectivity index (χ0n) is 12.2. The highest BCUT2D eigenvalue weighted by Crippen LogP contribution is 2.21. The van der Waals surface area contributed by atoms with Crippen molar-refractivity contribution in [2.24, 2.45) is 0 Å². The van der Waals surface area contributed by atoms with E-state index in [1.165, 1.54) is 18.4 Å². The molecule has 0 bridgehead atoms. The molecule has 1 aliphatic carbocycles. The van der Waals surface area contributed by atoms with E-state index in [4.69, 9.17) is 9.47 Å². The molecule has 1 saturated carbocycles. The van der Waals surface area contributed by atoms with Gasteiger partial charge in [0.15, 0.2) is 0 Å². The molecule has 0 aromatic carbocycles. The first-order valence-electron chi connectivity index (χ1n) is 6.89. The fraction of sp³-hybridized carbons (Fsp3) is 0.733. The topological polar surface area (TPSA) is 30.5 Å². The van der Waals surface area contributed by atoms with E-state index in [-0.39, 0.29) is 0 Å². The van der Waals surface area contributed by atoms with Crippen LogP contribution in [0.3, 0.4) is 0 Å². The van der Waals surface area contributed by atoms with Gasteiger partial charge in [-0.3, -0.25) is 0 Å². The van der Waals surface area contributed by atoms with E-state index in [0.717, 1.165) is 24.8 Å². The second-order valence-corrected chi connectivity index (χ2v) is 4.94. The van der Waals surface area contributed by atoms with Crippen LogP contribution in [-0.2, 0) is 9.47 Å². The van der Waals surface area contributed by atoms with Crippen LogP contribution in [0, 0.1) is 0 Å². The van der Waals surface area contributed by atoms with Crippen molar-refractivity contribution in [2.45, 2.75) is 52.1 Å². The van der Waals surface area contributed by atoms with E-state index in [2.05, 4.69) is 25.2 Å². The Bertz CT molecular complexity index is 293. The van der Waals surface area contributed by atoms with Gasteiger partial charge in [0.2, 0.25) is 0 Å². The average molecular weight is 253 g/mol. The summed E-state index contributed by atoms with van der Waals surface area (Å²) in [7, 11) is 1.71. The lowest BCUT2D eigenvalue weighted by Gasteiger charge is -2.15. The number of hydrogen-bond donors (Lipinski definition) is 1. The highest BCUT2D eigenvalue weighted by Gasteiger charge is 2.23. The zero-order valence-corrected chi connectivity index (χ0v) is 12.2. The Morgan fingerprint density at radius 2 is 2.11 bits per heavy atom. The minimum Gasteiger partial charge on any atom is -0.494 e. The van der Waals surface area contributed by atoms with Gasteiger partial charge in [-0.15, -0.1) is 0 Å². The van der Waals surface area contributed by atoms with E-state index in [9.17, 15) is 0 Å². The third-order valence-corrected chi connectivity index (χ3v) is 3.16. The van der Waals surface area contributed by atoms with Gasteiger partial charge in [-0.1, -0.05) is 5.57 Å². The first-order chi connectivity index (χ1) is 8.67. The van der Waals surface area contributed by atoms with Gasteiger partial charge in [-0.2, -0.15) is 0 Å². The second kappa shape index (κ2) is 8.33. The maximum atomic E-state index is 5.71. The molecule has 1 aliphatic rings. The molecule has 1 atom stereocenters. The maximum Gasteiger partial charge on any atom is 0.115 e. The molecule has 0 spiro atoms. The predicted octanol–water partition coefficient (Wildman–Crippen LogP) is 3.03. The smallest absolute Gasteiger partial charge is 0.115 e. The third-order valence-electron chi connectivity index (χ3n) is 3.16. The van der Waals surface area contributed by atoms with Gasteiger partial charge >= 0.3 is 0 Å². The molecule has 1 rings (SSSR count). The standard InChI is InChI=1S/C15H27NO2/c1-5-15(18-10-6-9-17-4)11-12(2)13(3)16-14-7-8-14/h5,11,13-14,16H,6-10H2,1-4H3/b12-11+,15-5+. The molecular formula is C15H27NO2. The number of ether oxygens (including phenoxy) is 2. The van der Waals surface area contributed by atoms with Crippen molar-refractivity contribution in [1.82, 2.24) is 5.32 Å². The van der Waals surface area contributed by atoms with Gasteiger partial charge in [-0.25, -0.2) is 0 Å². The lowest BCUT2D eigenvalue weighted by atomic mass is 10.1. The molecule has 3 nitrogen and oxygen atoms in total.